The van der Waals surface area contributed by atoms with Gasteiger partial charge in [0.05, 0.1) is 52.1 Å². The molecule has 0 saturated heterocycles. The Morgan fingerprint density at radius 1 is 1.09 bits per heavy atom. The third kappa shape index (κ3) is 6.33. The molecule has 33 heavy (non-hydrogen) atoms. The van der Waals surface area contributed by atoms with Crippen molar-refractivity contribution >= 4 is 0 Å². The van der Waals surface area contributed by atoms with Crippen molar-refractivity contribution < 1.29 is 43.6 Å². The summed E-state index contributed by atoms with van der Waals surface area (Å²) in [6.07, 6.45) is -8.23. The van der Waals surface area contributed by atoms with Gasteiger partial charge < -0.3 is 23.8 Å². The van der Waals surface area contributed by atoms with Crippen LogP contribution < -0.4 is 18.9 Å². The summed E-state index contributed by atoms with van der Waals surface area (Å²) >= 11 is 0. The SMILES string of the molecule is [2H]c1c([2H])c(OC)c(OC)c([2H])c1CCN(C([2H])([2H])[2H])C([2H])([2H])C([2H])([2H])C([2H])([2H])C(C#N)(c1ccc(OC([2H])([2H])[2H])c(OC([2H])([2H])[2H])c1)C(C)C. The molecule has 0 amide bonds. The van der Waals surface area contributed by atoms with Crippen LogP contribution in [0.4, 0.5) is 0 Å². The lowest BCUT2D eigenvalue weighted by atomic mass is 9.69. The number of likely N-dealkylation sites (N-methyl/N-ethyl adjacent to an activating group) is 1. The van der Waals surface area contributed by atoms with Gasteiger partial charge >= 0.3 is 0 Å². The minimum atomic E-state index is -3.92. The fraction of sp³-hybridized carbons (Fsp3) is 0.519. The smallest absolute Gasteiger partial charge is 0.161 e. The first-order valence-electron chi connectivity index (χ1n) is 18.8. The third-order valence-corrected chi connectivity index (χ3v) is 4.90. The van der Waals surface area contributed by atoms with Gasteiger partial charge in [-0.05, 0) is 73.9 Å². The average molecular weight is 473 g/mol. The highest BCUT2D eigenvalue weighted by Gasteiger charge is 2.36. The Bertz CT molecular complexity index is 1620. The summed E-state index contributed by atoms with van der Waals surface area (Å²) in [5.41, 5.74) is -3.50. The average Bonchev–Trinajstić information content (AvgIpc) is 2.95. The van der Waals surface area contributed by atoms with E-state index in [2.05, 4.69) is 0 Å². The zero-order valence-electron chi connectivity index (χ0n) is 36.8. The molecule has 0 bridgehead atoms. The Kier molecular flexibility index (Phi) is 3.96. The molecule has 1 atom stereocenters. The molecular weight excluding hydrogens is 416 g/mol. The lowest BCUT2D eigenvalue weighted by Gasteiger charge is -2.32. The van der Waals surface area contributed by atoms with E-state index in [0.717, 1.165) is 25.3 Å². The minimum Gasteiger partial charge on any atom is -0.493 e. The summed E-state index contributed by atoms with van der Waals surface area (Å²) in [5, 5.41) is 10.6. The number of rotatable bonds is 13. The van der Waals surface area contributed by atoms with Crippen molar-refractivity contribution in [3.63, 3.8) is 0 Å². The Labute approximate surface area is 224 Å². The van der Waals surface area contributed by atoms with E-state index in [1.807, 2.05) is 0 Å². The maximum atomic E-state index is 10.6. The standard InChI is InChI=1S/C27H38N2O4/c1-20(2)27(19-28,22-10-12-24(31-5)26(18-22)33-7)14-8-15-29(3)16-13-21-9-11-23(30-4)25(17-21)32-6/h9-12,17-18,20H,8,13-16H2,1-7H3/i3D3,5D3,7D3,8D2,9D,11D,14D2,15D2,17D. The normalized spacial score (nSPS) is 23.3. The highest BCUT2D eigenvalue weighted by atomic mass is 16.5. The Morgan fingerprint density at radius 3 is 2.48 bits per heavy atom. The van der Waals surface area contributed by atoms with Crippen LogP contribution in [-0.2, 0) is 11.8 Å². The van der Waals surface area contributed by atoms with Gasteiger partial charge in [0.25, 0.3) is 0 Å². The summed E-state index contributed by atoms with van der Waals surface area (Å²) in [7, 11) is -3.99. The number of benzene rings is 2. The number of hydrogen-bond donors (Lipinski definition) is 0. The van der Waals surface area contributed by atoms with Gasteiger partial charge in [-0.1, -0.05) is 26.0 Å². The quantitative estimate of drug-likeness (QED) is 0.404. The maximum Gasteiger partial charge on any atom is 0.161 e. The zero-order chi connectivity index (χ0) is 39.9. The van der Waals surface area contributed by atoms with Crippen LogP contribution in [0.5, 0.6) is 23.0 Å². The molecule has 0 heterocycles. The van der Waals surface area contributed by atoms with Gasteiger partial charge in [-0.25, -0.2) is 0 Å². The fourth-order valence-electron chi connectivity index (χ4n) is 2.99. The molecule has 0 aliphatic rings. The predicted octanol–water partition coefficient (Wildman–Crippen LogP) is 5.09. The first-order valence-corrected chi connectivity index (χ1v) is 9.81. The summed E-state index contributed by atoms with van der Waals surface area (Å²) in [6, 6.07) is 2.71. The first-order chi connectivity index (χ1) is 22.9. The molecule has 2 aromatic carbocycles. The minimum absolute atomic E-state index is 0.00986. The highest BCUT2D eigenvalue weighted by Crippen LogP contribution is 2.40. The summed E-state index contributed by atoms with van der Waals surface area (Å²) in [6.45, 7) is -5.67. The van der Waals surface area contributed by atoms with Gasteiger partial charge in [-0.15, -0.1) is 0 Å². The number of ether oxygens (including phenoxy) is 4. The maximum absolute atomic E-state index is 10.6. The summed E-state index contributed by atoms with van der Waals surface area (Å²) < 4.78 is 168. The topological polar surface area (TPSA) is 64.0 Å². The van der Waals surface area contributed by atoms with E-state index in [4.69, 9.17) is 43.6 Å². The molecule has 0 spiro atoms. The molecule has 6 heteroatoms. The molecule has 180 valence electrons. The van der Waals surface area contributed by atoms with E-state index in [1.165, 1.54) is 21.0 Å². The number of nitriles is 1. The van der Waals surface area contributed by atoms with Crippen LogP contribution in [0.1, 0.15) is 62.4 Å². The Morgan fingerprint density at radius 2 is 1.85 bits per heavy atom. The second-order valence-electron chi connectivity index (χ2n) is 7.12. The van der Waals surface area contributed by atoms with E-state index >= 15 is 0 Å². The zero-order valence-corrected chi connectivity index (χ0v) is 18.8. The largest absolute Gasteiger partial charge is 0.493 e. The summed E-state index contributed by atoms with van der Waals surface area (Å²) in [4.78, 5) is 0.00986. The van der Waals surface area contributed by atoms with Crippen molar-refractivity contribution in [2.45, 2.75) is 38.4 Å². The molecule has 0 fully saturated rings. The van der Waals surface area contributed by atoms with E-state index in [-0.39, 0.29) is 22.0 Å². The Hall–Kier alpha value is -2.91. The van der Waals surface area contributed by atoms with Crippen LogP contribution in [0.15, 0.2) is 36.3 Å². The van der Waals surface area contributed by atoms with Crippen LogP contribution in [0, 0.1) is 17.2 Å². The van der Waals surface area contributed by atoms with Crippen molar-refractivity contribution in [3.8, 4) is 29.1 Å². The molecule has 2 aromatic rings. The number of hydrogen-bond acceptors (Lipinski definition) is 6. The molecule has 0 radical (unpaired) electrons. The second-order valence-corrected chi connectivity index (χ2v) is 7.12. The second kappa shape index (κ2) is 12.4. The molecule has 6 nitrogen and oxygen atoms in total. The van der Waals surface area contributed by atoms with Gasteiger partial charge in [-0.3, -0.25) is 0 Å². The van der Waals surface area contributed by atoms with Crippen molar-refractivity contribution in [2.75, 3.05) is 48.3 Å². The third-order valence-electron chi connectivity index (χ3n) is 4.90. The van der Waals surface area contributed by atoms with Crippen LogP contribution in [0.25, 0.3) is 0 Å². The molecular formula is C27H38N2O4. The van der Waals surface area contributed by atoms with E-state index in [9.17, 15) is 5.26 Å². The van der Waals surface area contributed by atoms with Crippen molar-refractivity contribution in [1.29, 1.82) is 5.26 Å². The molecule has 1 unspecified atom stereocenters. The molecule has 0 N–H and O–H groups in total. The fourth-order valence-corrected chi connectivity index (χ4v) is 2.99. The van der Waals surface area contributed by atoms with Gasteiger partial charge in [0.1, 0.15) is 0 Å². The first kappa shape index (κ1) is 10.6. The number of methoxy groups -OCH3 is 4. The van der Waals surface area contributed by atoms with Crippen molar-refractivity contribution in [1.82, 2.24) is 4.90 Å². The van der Waals surface area contributed by atoms with E-state index in [1.54, 1.807) is 6.07 Å². The summed E-state index contributed by atoms with van der Waals surface area (Å²) in [5.74, 6) is -3.20. The van der Waals surface area contributed by atoms with E-state index in [0.29, 0.717) is 0 Å². The molecule has 0 saturated carbocycles. The van der Waals surface area contributed by atoms with Gasteiger partial charge in [0.15, 0.2) is 23.0 Å². The van der Waals surface area contributed by atoms with E-state index < -0.39 is 99.8 Å². The Balaban J connectivity index is 2.83. The monoisotopic (exact) mass is 472 g/mol. The van der Waals surface area contributed by atoms with Gasteiger partial charge in [-0.2, -0.15) is 5.26 Å². The van der Waals surface area contributed by atoms with Crippen molar-refractivity contribution in [3.05, 3.63) is 47.5 Å². The molecule has 0 aromatic heterocycles. The van der Waals surface area contributed by atoms with Gasteiger partial charge in [0.2, 0.25) is 0 Å². The lowest BCUT2D eigenvalue weighted by Crippen LogP contribution is -2.32. The predicted molar refractivity (Wildman–Crippen MR) is 132 cm³/mol. The van der Waals surface area contributed by atoms with Crippen LogP contribution in [-0.4, -0.2) is 53.2 Å². The highest BCUT2D eigenvalue weighted by molar-refractivity contribution is 5.47. The van der Waals surface area contributed by atoms with Gasteiger partial charge in [0, 0.05) is 18.9 Å². The molecule has 2 rings (SSSR count). The molecule has 0 aliphatic heterocycles. The van der Waals surface area contributed by atoms with Crippen LogP contribution >= 0.6 is 0 Å². The van der Waals surface area contributed by atoms with Crippen molar-refractivity contribution in [2.24, 2.45) is 5.92 Å². The van der Waals surface area contributed by atoms with Crippen LogP contribution in [0.3, 0.4) is 0 Å². The lowest BCUT2D eigenvalue weighted by molar-refractivity contribution is 0.292. The van der Waals surface area contributed by atoms with Crippen LogP contribution in [0.2, 0.25) is 0 Å². The molecule has 0 aliphatic carbocycles. The number of nitrogens with zero attached hydrogens (tertiary/aromatic N) is 2.